The number of hydrogen-bond donors (Lipinski definition) is 8. The molecule has 6 rings (SSSR count). The first-order chi connectivity index (χ1) is 30.3. The second-order valence-electron chi connectivity index (χ2n) is 20.5. The van der Waals surface area contributed by atoms with E-state index in [-0.39, 0.29) is 90.8 Å². The van der Waals surface area contributed by atoms with E-state index in [1.165, 1.54) is 4.90 Å². The quantitative estimate of drug-likeness (QED) is 0.105. The molecule has 1 amide bonds. The zero-order valence-corrected chi connectivity index (χ0v) is 37.9. The van der Waals surface area contributed by atoms with Crippen molar-refractivity contribution in [3.8, 4) is 0 Å². The summed E-state index contributed by atoms with van der Waals surface area (Å²) in [6, 6.07) is 6.59. The Hall–Kier alpha value is -3.71. The molecule has 5 aliphatic rings. The maximum atomic E-state index is 13.4. The number of amides is 1. The summed E-state index contributed by atoms with van der Waals surface area (Å²) in [6.07, 6.45) is 5.62. The topological polar surface area (TPSA) is 252 Å². The summed E-state index contributed by atoms with van der Waals surface area (Å²) in [5.74, 6) is -3.37. The lowest BCUT2D eigenvalue weighted by Crippen LogP contribution is -2.62. The first-order valence-electron chi connectivity index (χ1n) is 23.5. The van der Waals surface area contributed by atoms with Gasteiger partial charge in [-0.2, -0.15) is 0 Å². The molecule has 1 unspecified atom stereocenters. The smallest absolute Gasteiger partial charge is 0.317 e. The molecule has 0 bridgehead atoms. The molecule has 17 nitrogen and oxygen atoms in total. The van der Waals surface area contributed by atoms with Crippen LogP contribution in [0.25, 0.3) is 0 Å². The molecular weight excluding hydrogens is 827 g/mol. The fraction of sp³-hybridized carbons (Fsp3) is 0.766. The minimum atomic E-state index is -1.19. The van der Waals surface area contributed by atoms with E-state index < -0.39 is 55.2 Å². The van der Waals surface area contributed by atoms with Gasteiger partial charge in [-0.15, -0.1) is 0 Å². The first kappa shape index (κ1) is 49.7. The average Bonchev–Trinajstić information content (AvgIpc) is 3.61. The van der Waals surface area contributed by atoms with Gasteiger partial charge >= 0.3 is 23.9 Å². The highest BCUT2D eigenvalue weighted by Crippen LogP contribution is 2.68. The molecule has 0 radical (unpaired) electrons. The third kappa shape index (κ3) is 11.8. The fourth-order valence-corrected chi connectivity index (χ4v) is 13.2. The molecule has 5 fully saturated rings. The minimum Gasteiger partial charge on any atom is -0.480 e. The Morgan fingerprint density at radius 1 is 0.750 bits per heavy atom. The largest absolute Gasteiger partial charge is 0.480 e. The summed E-state index contributed by atoms with van der Waals surface area (Å²) in [5, 5.41) is 75.6. The van der Waals surface area contributed by atoms with E-state index in [4.69, 9.17) is 0 Å². The van der Waals surface area contributed by atoms with Crippen molar-refractivity contribution < 1.29 is 59.7 Å². The summed E-state index contributed by atoms with van der Waals surface area (Å²) < 4.78 is 0. The van der Waals surface area contributed by atoms with Crippen molar-refractivity contribution in [1.82, 2.24) is 19.6 Å². The molecule has 1 saturated heterocycles. The van der Waals surface area contributed by atoms with E-state index in [0.717, 1.165) is 37.7 Å². The number of carboxylic acids is 4. The molecule has 1 aliphatic heterocycles. The van der Waals surface area contributed by atoms with Crippen LogP contribution in [0, 0.1) is 46.3 Å². The highest BCUT2D eigenvalue weighted by atomic mass is 16.4. The highest BCUT2D eigenvalue weighted by molar-refractivity contribution is 5.90. The number of aliphatic hydroxyl groups excluding tert-OH is 3. The summed E-state index contributed by atoms with van der Waals surface area (Å²) in [5.41, 5.74) is 1.01. The second-order valence-corrected chi connectivity index (χ2v) is 20.5. The second kappa shape index (κ2) is 21.3. The maximum absolute atomic E-state index is 13.4. The molecule has 0 spiro atoms. The first-order valence-corrected chi connectivity index (χ1v) is 23.5. The van der Waals surface area contributed by atoms with Gasteiger partial charge in [0.25, 0.3) is 0 Å². The number of nitrogens with zero attached hydrogens (tertiary/aromatic N) is 4. The standard InChI is InChI=1S/C47H73N5O12/c1-29(35-9-10-36-45-37(23-39(55)47(35,36)3)46(2)13-12-34(53)21-31(46)22-38(45)54)4-11-40(56)48-32-7-5-30(6-8-32)20-33(52(27-43(61)62)28-44(63)64)24-49-14-16-50(25-41(57)58)18-19-51(17-15-49)26-42(59)60/h5-8,29,31,33-39,45,53-55H,4,9-28H2,1-3H3,(H,48,56)(H,57,58)(H,59,60)(H,61,62)(H,63,64)/t29-,31+,33?,34-,35-,36+,37+,38-,39+,45+,46+,47-/m1/s1. The molecule has 17 heteroatoms. The molecule has 4 saturated carbocycles. The number of hydrogen-bond acceptors (Lipinski definition) is 12. The Labute approximate surface area is 376 Å². The maximum Gasteiger partial charge on any atom is 0.317 e. The number of benzene rings is 1. The van der Waals surface area contributed by atoms with Crippen molar-refractivity contribution in [3.05, 3.63) is 29.8 Å². The molecule has 1 heterocycles. The van der Waals surface area contributed by atoms with Crippen LogP contribution in [0.4, 0.5) is 5.69 Å². The molecule has 358 valence electrons. The van der Waals surface area contributed by atoms with Crippen LogP contribution in [0.1, 0.15) is 84.1 Å². The predicted octanol–water partition coefficient (Wildman–Crippen LogP) is 2.47. The van der Waals surface area contributed by atoms with Crippen LogP contribution >= 0.6 is 0 Å². The minimum absolute atomic E-state index is 0.00340. The lowest BCUT2D eigenvalue weighted by molar-refractivity contribution is -0.207. The summed E-state index contributed by atoms with van der Waals surface area (Å²) in [7, 11) is 0. The summed E-state index contributed by atoms with van der Waals surface area (Å²) >= 11 is 0. The van der Waals surface area contributed by atoms with Gasteiger partial charge in [0.05, 0.1) is 44.5 Å². The van der Waals surface area contributed by atoms with Crippen LogP contribution in [-0.4, -0.2) is 181 Å². The molecule has 0 aromatic heterocycles. The molecule has 1 aromatic carbocycles. The van der Waals surface area contributed by atoms with Gasteiger partial charge in [0.15, 0.2) is 0 Å². The van der Waals surface area contributed by atoms with Crippen molar-refractivity contribution in [1.29, 1.82) is 0 Å². The zero-order chi connectivity index (χ0) is 46.5. The van der Waals surface area contributed by atoms with Crippen LogP contribution in [0.2, 0.25) is 0 Å². The molecule has 8 N–H and O–H groups in total. The van der Waals surface area contributed by atoms with Gasteiger partial charge in [-0.05, 0) is 122 Å². The number of fused-ring (bicyclic) bond motifs is 5. The van der Waals surface area contributed by atoms with Crippen LogP contribution in [-0.2, 0) is 30.4 Å². The SMILES string of the molecule is C[C@H](CCC(=O)Nc1ccc(CC(CN2CCN(CC(=O)O)CCN(CC(=O)O)CC2)N(CC(=O)O)CC(=O)O)cc1)[C@H]1CC[C@H]2[C@@H]3[C@H](O)C[C@@H]4C[C@H](O)CC[C@]4(C)[C@H]3C[C@H](O)[C@]12C. The van der Waals surface area contributed by atoms with E-state index in [0.29, 0.717) is 64.2 Å². The van der Waals surface area contributed by atoms with E-state index in [2.05, 4.69) is 26.1 Å². The van der Waals surface area contributed by atoms with E-state index in [9.17, 15) is 59.7 Å². The number of carbonyl (C=O) groups is 5. The van der Waals surface area contributed by atoms with Crippen molar-refractivity contribution in [2.45, 2.75) is 109 Å². The molecule has 4 aliphatic carbocycles. The van der Waals surface area contributed by atoms with Crippen molar-refractivity contribution in [2.75, 3.05) is 77.3 Å². The number of aliphatic hydroxyl groups is 3. The third-order valence-electron chi connectivity index (χ3n) is 16.6. The molecule has 12 atom stereocenters. The van der Waals surface area contributed by atoms with Crippen molar-refractivity contribution >= 4 is 35.5 Å². The van der Waals surface area contributed by atoms with Gasteiger partial charge in [0.1, 0.15) is 0 Å². The zero-order valence-electron chi connectivity index (χ0n) is 37.9. The van der Waals surface area contributed by atoms with Crippen LogP contribution < -0.4 is 5.32 Å². The molecular formula is C47H73N5O12. The monoisotopic (exact) mass is 900 g/mol. The highest BCUT2D eigenvalue weighted by Gasteiger charge is 2.65. The summed E-state index contributed by atoms with van der Waals surface area (Å²) in [6.45, 7) is 7.71. The van der Waals surface area contributed by atoms with Gasteiger partial charge in [0, 0.05) is 64.0 Å². The van der Waals surface area contributed by atoms with Crippen molar-refractivity contribution in [3.63, 3.8) is 0 Å². The molecule has 1 aromatic rings. The van der Waals surface area contributed by atoms with Gasteiger partial charge in [-0.25, -0.2) is 0 Å². The van der Waals surface area contributed by atoms with Crippen LogP contribution in [0.3, 0.4) is 0 Å². The van der Waals surface area contributed by atoms with Gasteiger partial charge < -0.3 is 41.1 Å². The lowest BCUT2D eigenvalue weighted by Gasteiger charge is -2.63. The van der Waals surface area contributed by atoms with Crippen LogP contribution in [0.5, 0.6) is 0 Å². The number of carboxylic acid groups (broad SMARTS) is 4. The Bertz CT molecular complexity index is 1760. The Morgan fingerprint density at radius 2 is 1.33 bits per heavy atom. The number of aliphatic carboxylic acids is 4. The normalized spacial score (nSPS) is 33.7. The van der Waals surface area contributed by atoms with Gasteiger partial charge in [0.2, 0.25) is 5.91 Å². The average molecular weight is 900 g/mol. The van der Waals surface area contributed by atoms with E-state index in [1.807, 2.05) is 17.0 Å². The Morgan fingerprint density at radius 3 is 1.89 bits per heavy atom. The number of anilines is 1. The summed E-state index contributed by atoms with van der Waals surface area (Å²) in [4.78, 5) is 67.4. The number of nitrogens with one attached hydrogen (secondary N) is 1. The lowest BCUT2D eigenvalue weighted by atomic mass is 9.43. The fourth-order valence-electron chi connectivity index (χ4n) is 13.2. The number of rotatable bonds is 18. The Balaban J connectivity index is 1.08. The van der Waals surface area contributed by atoms with Gasteiger partial charge in [-0.3, -0.25) is 43.6 Å². The number of carbonyl (C=O) groups excluding carboxylic acids is 1. The predicted molar refractivity (Wildman–Crippen MR) is 236 cm³/mol. The van der Waals surface area contributed by atoms with Gasteiger partial charge in [-0.1, -0.05) is 32.9 Å². The molecule has 64 heavy (non-hydrogen) atoms. The van der Waals surface area contributed by atoms with E-state index >= 15 is 0 Å². The third-order valence-corrected chi connectivity index (χ3v) is 16.6. The van der Waals surface area contributed by atoms with Crippen molar-refractivity contribution in [2.24, 2.45) is 46.3 Å². The Kier molecular flexibility index (Phi) is 16.5. The van der Waals surface area contributed by atoms with E-state index in [1.54, 1.807) is 21.9 Å². The van der Waals surface area contributed by atoms with Crippen LogP contribution in [0.15, 0.2) is 24.3 Å².